The molecule has 0 aliphatic heterocycles. The summed E-state index contributed by atoms with van der Waals surface area (Å²) in [6.45, 7) is -0.0494. The van der Waals surface area contributed by atoms with Gasteiger partial charge in [-0.25, -0.2) is 14.4 Å². The van der Waals surface area contributed by atoms with E-state index in [1.54, 1.807) is 23.5 Å². The summed E-state index contributed by atoms with van der Waals surface area (Å²) in [6, 6.07) is 5.77. The van der Waals surface area contributed by atoms with Crippen molar-refractivity contribution in [3.63, 3.8) is 0 Å². The molecule has 1 aliphatic carbocycles. The standard InChI is InChI=1S/C23H22FN5O3S/c24-14-8-6-13(7-9-14)22-28-18(32-29-22)10-11-19(30)31-12-17-26-21(25)20-15-4-2-1-3-5-16(15)33-23(20)27-17/h6-9H,1-5,10-12H2,(H2,25,26,27). The number of anilines is 1. The monoisotopic (exact) mass is 467 g/mol. The van der Waals surface area contributed by atoms with Gasteiger partial charge in [-0.2, -0.15) is 4.98 Å². The predicted octanol–water partition coefficient (Wildman–Crippen LogP) is 4.41. The zero-order valence-electron chi connectivity index (χ0n) is 17.8. The lowest BCUT2D eigenvalue weighted by molar-refractivity contribution is -0.145. The van der Waals surface area contributed by atoms with Gasteiger partial charge in [0.05, 0.1) is 11.8 Å². The Balaban J connectivity index is 1.19. The smallest absolute Gasteiger partial charge is 0.306 e. The van der Waals surface area contributed by atoms with Crippen LogP contribution >= 0.6 is 11.3 Å². The fourth-order valence-electron chi connectivity index (χ4n) is 3.97. The molecule has 0 amide bonds. The van der Waals surface area contributed by atoms with Gasteiger partial charge >= 0.3 is 5.97 Å². The van der Waals surface area contributed by atoms with Gasteiger partial charge in [0.15, 0.2) is 12.4 Å². The van der Waals surface area contributed by atoms with Crippen LogP contribution in [0.5, 0.6) is 0 Å². The summed E-state index contributed by atoms with van der Waals surface area (Å²) in [5, 5.41) is 4.82. The summed E-state index contributed by atoms with van der Waals surface area (Å²) >= 11 is 1.66. The number of benzene rings is 1. The summed E-state index contributed by atoms with van der Waals surface area (Å²) in [6.07, 6.45) is 5.93. The number of carbonyl (C=O) groups is 1. The minimum Gasteiger partial charge on any atom is -0.457 e. The molecular weight excluding hydrogens is 445 g/mol. The zero-order chi connectivity index (χ0) is 22.8. The minimum absolute atomic E-state index is 0.0494. The number of fused-ring (bicyclic) bond motifs is 3. The number of hydrogen-bond acceptors (Lipinski definition) is 9. The average molecular weight is 468 g/mol. The lowest BCUT2D eigenvalue weighted by Gasteiger charge is -2.06. The van der Waals surface area contributed by atoms with Crippen LogP contribution in [-0.2, 0) is 35.4 Å². The molecule has 0 unspecified atom stereocenters. The Labute approximate surface area is 193 Å². The Kier molecular flexibility index (Phi) is 5.99. The SMILES string of the molecule is Nc1nc(COC(=O)CCc2nc(-c3ccc(F)cc3)no2)nc2sc3c(c12)CCCCC3. The quantitative estimate of drug-likeness (QED) is 0.327. The van der Waals surface area contributed by atoms with Crippen molar-refractivity contribution >= 4 is 33.3 Å². The third-order valence-electron chi connectivity index (χ3n) is 5.61. The van der Waals surface area contributed by atoms with Crippen LogP contribution in [-0.4, -0.2) is 26.1 Å². The van der Waals surface area contributed by atoms with Gasteiger partial charge in [0.2, 0.25) is 11.7 Å². The van der Waals surface area contributed by atoms with E-state index in [4.69, 9.17) is 15.0 Å². The highest BCUT2D eigenvalue weighted by Gasteiger charge is 2.20. The van der Waals surface area contributed by atoms with E-state index < -0.39 is 5.97 Å². The van der Waals surface area contributed by atoms with Gasteiger partial charge in [0, 0.05) is 16.9 Å². The predicted molar refractivity (Wildman–Crippen MR) is 121 cm³/mol. The largest absolute Gasteiger partial charge is 0.457 e. The molecular formula is C23H22FN5O3S. The average Bonchev–Trinajstić information content (AvgIpc) is 3.35. The van der Waals surface area contributed by atoms with Crippen molar-refractivity contribution in [3.8, 4) is 11.4 Å². The first-order chi connectivity index (χ1) is 16.1. The molecule has 4 aromatic rings. The minimum atomic E-state index is -0.430. The van der Waals surface area contributed by atoms with Crippen LogP contribution in [0.15, 0.2) is 28.8 Å². The fraction of sp³-hybridized carbons (Fsp3) is 0.348. The highest BCUT2D eigenvalue weighted by molar-refractivity contribution is 7.19. The highest BCUT2D eigenvalue weighted by Crippen LogP contribution is 2.37. The van der Waals surface area contributed by atoms with E-state index in [-0.39, 0.29) is 25.3 Å². The molecule has 0 saturated carbocycles. The third kappa shape index (κ3) is 4.70. The van der Waals surface area contributed by atoms with Crippen LogP contribution in [0.25, 0.3) is 21.6 Å². The number of aromatic nitrogens is 4. The Bertz CT molecular complexity index is 1300. The number of thiophene rings is 1. The molecule has 170 valence electrons. The molecule has 10 heteroatoms. The van der Waals surface area contributed by atoms with E-state index >= 15 is 0 Å². The number of carbonyl (C=O) groups excluding carboxylic acids is 1. The molecule has 3 heterocycles. The number of hydrogen-bond donors (Lipinski definition) is 1. The van der Waals surface area contributed by atoms with Crippen LogP contribution in [0.1, 0.15) is 47.8 Å². The van der Waals surface area contributed by atoms with Gasteiger partial charge in [-0.3, -0.25) is 4.79 Å². The second-order valence-electron chi connectivity index (χ2n) is 7.95. The number of esters is 1. The van der Waals surface area contributed by atoms with Crippen molar-refractivity contribution in [2.75, 3.05) is 5.73 Å². The van der Waals surface area contributed by atoms with E-state index in [0.29, 0.717) is 28.9 Å². The Morgan fingerprint density at radius 3 is 2.79 bits per heavy atom. The van der Waals surface area contributed by atoms with E-state index in [1.165, 1.54) is 35.4 Å². The first-order valence-electron chi connectivity index (χ1n) is 10.9. The summed E-state index contributed by atoms with van der Waals surface area (Å²) in [7, 11) is 0. The maximum Gasteiger partial charge on any atom is 0.306 e. The maximum atomic E-state index is 13.0. The van der Waals surface area contributed by atoms with Crippen molar-refractivity contribution in [2.45, 2.75) is 51.6 Å². The third-order valence-corrected chi connectivity index (χ3v) is 6.80. The number of halogens is 1. The van der Waals surface area contributed by atoms with Crippen molar-refractivity contribution in [2.24, 2.45) is 0 Å². The molecule has 0 atom stereocenters. The molecule has 5 rings (SSSR count). The molecule has 0 bridgehead atoms. The fourth-order valence-corrected chi connectivity index (χ4v) is 5.26. The first kappa shape index (κ1) is 21.4. The summed E-state index contributed by atoms with van der Waals surface area (Å²) in [5.41, 5.74) is 8.16. The second-order valence-corrected chi connectivity index (χ2v) is 9.03. The Morgan fingerprint density at radius 1 is 1.12 bits per heavy atom. The molecule has 3 aromatic heterocycles. The maximum absolute atomic E-state index is 13.0. The van der Waals surface area contributed by atoms with Gasteiger partial charge in [0.25, 0.3) is 0 Å². The van der Waals surface area contributed by atoms with Gasteiger partial charge in [-0.05, 0) is 55.5 Å². The van der Waals surface area contributed by atoms with Gasteiger partial charge in [-0.15, -0.1) is 11.3 Å². The first-order valence-corrected chi connectivity index (χ1v) is 11.7. The molecule has 2 N–H and O–H groups in total. The van der Waals surface area contributed by atoms with Gasteiger partial charge in [0.1, 0.15) is 16.5 Å². The summed E-state index contributed by atoms with van der Waals surface area (Å²) in [4.78, 5) is 27.6. The van der Waals surface area contributed by atoms with E-state index in [1.807, 2.05) is 0 Å². The van der Waals surface area contributed by atoms with E-state index in [9.17, 15) is 9.18 Å². The van der Waals surface area contributed by atoms with Crippen LogP contribution in [0, 0.1) is 5.82 Å². The van der Waals surface area contributed by atoms with Crippen molar-refractivity contribution in [3.05, 3.63) is 52.2 Å². The number of aryl methyl sites for hydroxylation is 3. The molecule has 0 spiro atoms. The number of nitrogens with zero attached hydrogens (tertiary/aromatic N) is 4. The molecule has 0 saturated heterocycles. The van der Waals surface area contributed by atoms with Crippen molar-refractivity contribution < 1.29 is 18.4 Å². The number of nitrogen functional groups attached to an aromatic ring is 1. The Morgan fingerprint density at radius 2 is 1.94 bits per heavy atom. The molecule has 33 heavy (non-hydrogen) atoms. The van der Waals surface area contributed by atoms with Crippen LogP contribution in [0.3, 0.4) is 0 Å². The van der Waals surface area contributed by atoms with Gasteiger partial charge < -0.3 is 15.0 Å². The molecule has 0 fully saturated rings. The Hall–Kier alpha value is -3.40. The lowest BCUT2D eigenvalue weighted by Crippen LogP contribution is -2.09. The lowest BCUT2D eigenvalue weighted by atomic mass is 10.1. The van der Waals surface area contributed by atoms with Crippen LogP contribution < -0.4 is 5.73 Å². The number of ether oxygens (including phenoxy) is 1. The molecule has 1 aliphatic rings. The summed E-state index contributed by atoms with van der Waals surface area (Å²) in [5.74, 6) is 0.703. The molecule has 1 aromatic carbocycles. The highest BCUT2D eigenvalue weighted by atomic mass is 32.1. The van der Waals surface area contributed by atoms with Gasteiger partial charge in [-0.1, -0.05) is 11.6 Å². The normalized spacial score (nSPS) is 13.6. The topological polar surface area (TPSA) is 117 Å². The van der Waals surface area contributed by atoms with E-state index in [2.05, 4.69) is 20.1 Å². The van der Waals surface area contributed by atoms with E-state index in [0.717, 1.165) is 29.5 Å². The van der Waals surface area contributed by atoms with Crippen molar-refractivity contribution in [1.82, 2.24) is 20.1 Å². The second kappa shape index (κ2) is 9.22. The zero-order valence-corrected chi connectivity index (χ0v) is 18.7. The number of nitrogens with two attached hydrogens (primary N) is 1. The molecule has 8 nitrogen and oxygen atoms in total. The van der Waals surface area contributed by atoms with Crippen LogP contribution in [0.2, 0.25) is 0 Å². The number of rotatable bonds is 6. The summed E-state index contributed by atoms with van der Waals surface area (Å²) < 4.78 is 23.6. The van der Waals surface area contributed by atoms with Crippen molar-refractivity contribution in [1.29, 1.82) is 0 Å². The molecule has 0 radical (unpaired) electrons. The van der Waals surface area contributed by atoms with Crippen LogP contribution in [0.4, 0.5) is 10.2 Å².